The first kappa shape index (κ1) is 13.3. The number of carboxylic acids is 1. The highest BCUT2D eigenvalue weighted by Gasteiger charge is 2.40. The number of nitrogens with one attached hydrogen (secondary N) is 2. The van der Waals surface area contributed by atoms with Gasteiger partial charge < -0.3 is 15.7 Å². The van der Waals surface area contributed by atoms with Gasteiger partial charge in [0.1, 0.15) is 0 Å². The van der Waals surface area contributed by atoms with Crippen molar-refractivity contribution < 1.29 is 14.7 Å². The highest BCUT2D eigenvalue weighted by Crippen LogP contribution is 2.34. The molecule has 0 unspecified atom stereocenters. The van der Waals surface area contributed by atoms with Crippen molar-refractivity contribution in [1.29, 1.82) is 0 Å². The summed E-state index contributed by atoms with van der Waals surface area (Å²) in [4.78, 5) is 24.8. The molecule has 3 N–H and O–H groups in total. The van der Waals surface area contributed by atoms with Gasteiger partial charge in [0.15, 0.2) is 0 Å². The Morgan fingerprint density at radius 1 is 1.28 bits per heavy atom. The van der Waals surface area contributed by atoms with E-state index in [1.165, 1.54) is 0 Å². The van der Waals surface area contributed by atoms with Crippen LogP contribution in [0.4, 0.5) is 0 Å². The second-order valence-corrected chi connectivity index (χ2v) is 5.28. The van der Waals surface area contributed by atoms with E-state index in [0.29, 0.717) is 6.54 Å². The zero-order valence-electron chi connectivity index (χ0n) is 10.6. The first-order chi connectivity index (χ1) is 8.60. The molecule has 1 aliphatic carbocycles. The van der Waals surface area contributed by atoms with E-state index in [4.69, 9.17) is 5.11 Å². The number of carboxylic acid groups (broad SMARTS) is 1. The van der Waals surface area contributed by atoms with Crippen molar-refractivity contribution in [2.24, 2.45) is 0 Å². The lowest BCUT2D eigenvalue weighted by Crippen LogP contribution is -2.57. The summed E-state index contributed by atoms with van der Waals surface area (Å²) in [6.07, 6.45) is 2.61. The molecule has 0 aromatic heterocycles. The van der Waals surface area contributed by atoms with Gasteiger partial charge in [0.25, 0.3) is 0 Å². The maximum Gasteiger partial charge on any atom is 0.305 e. The first-order valence-corrected chi connectivity index (χ1v) is 6.56. The van der Waals surface area contributed by atoms with Crippen LogP contribution >= 0.6 is 0 Å². The topological polar surface area (TPSA) is 81.7 Å². The Balaban J connectivity index is 1.80. The van der Waals surface area contributed by atoms with Crippen LogP contribution in [0.15, 0.2) is 0 Å². The zero-order chi connectivity index (χ0) is 13.0. The van der Waals surface area contributed by atoms with E-state index >= 15 is 0 Å². The largest absolute Gasteiger partial charge is 0.481 e. The van der Waals surface area contributed by atoms with Crippen molar-refractivity contribution in [1.82, 2.24) is 15.5 Å². The summed E-state index contributed by atoms with van der Waals surface area (Å²) in [6.45, 7) is 3.95. The fraction of sp³-hybridized carbons (Fsp3) is 0.833. The van der Waals surface area contributed by atoms with Crippen LogP contribution in [0.3, 0.4) is 0 Å². The third kappa shape index (κ3) is 3.43. The molecule has 0 radical (unpaired) electrons. The minimum absolute atomic E-state index is 0.0420. The Hall–Kier alpha value is -1.14. The number of aliphatic carboxylic acids is 1. The molecule has 1 saturated heterocycles. The zero-order valence-corrected chi connectivity index (χ0v) is 10.6. The maximum absolute atomic E-state index is 11.9. The molecule has 102 valence electrons. The van der Waals surface area contributed by atoms with Gasteiger partial charge in [-0.15, -0.1) is 0 Å². The quantitative estimate of drug-likeness (QED) is 0.611. The minimum atomic E-state index is -0.836. The van der Waals surface area contributed by atoms with E-state index < -0.39 is 11.5 Å². The lowest BCUT2D eigenvalue weighted by Gasteiger charge is -2.42. The summed E-state index contributed by atoms with van der Waals surface area (Å²) in [5.41, 5.74) is -0.475. The van der Waals surface area contributed by atoms with E-state index in [1.807, 2.05) is 0 Å². The highest BCUT2D eigenvalue weighted by atomic mass is 16.4. The van der Waals surface area contributed by atoms with E-state index in [9.17, 15) is 9.59 Å². The molecule has 1 saturated carbocycles. The molecule has 0 atom stereocenters. The maximum atomic E-state index is 11.9. The van der Waals surface area contributed by atoms with Crippen LogP contribution in [0.1, 0.15) is 25.7 Å². The average Bonchev–Trinajstić information content (AvgIpc) is 2.26. The van der Waals surface area contributed by atoms with Crippen LogP contribution in [0.25, 0.3) is 0 Å². The Kier molecular flexibility index (Phi) is 4.19. The number of hydrogen-bond donors (Lipinski definition) is 3. The molecule has 2 fully saturated rings. The summed E-state index contributed by atoms with van der Waals surface area (Å²) in [5, 5.41) is 15.0. The van der Waals surface area contributed by atoms with Gasteiger partial charge >= 0.3 is 5.97 Å². The van der Waals surface area contributed by atoms with Gasteiger partial charge in [-0.2, -0.15) is 0 Å². The summed E-state index contributed by atoms with van der Waals surface area (Å²) in [5.74, 6) is -0.880. The van der Waals surface area contributed by atoms with Crippen LogP contribution in [0.2, 0.25) is 0 Å². The number of nitrogens with zero attached hydrogens (tertiary/aromatic N) is 1. The molecule has 6 nitrogen and oxygen atoms in total. The van der Waals surface area contributed by atoms with Crippen molar-refractivity contribution in [3.05, 3.63) is 0 Å². The van der Waals surface area contributed by atoms with Gasteiger partial charge in [-0.05, 0) is 19.3 Å². The van der Waals surface area contributed by atoms with Crippen molar-refractivity contribution >= 4 is 11.9 Å². The van der Waals surface area contributed by atoms with Crippen LogP contribution in [-0.4, -0.2) is 60.1 Å². The molecule has 2 aliphatic rings. The van der Waals surface area contributed by atoms with Gasteiger partial charge in [-0.25, -0.2) is 0 Å². The molecule has 0 spiro atoms. The molecule has 18 heavy (non-hydrogen) atoms. The van der Waals surface area contributed by atoms with Crippen LogP contribution in [0.5, 0.6) is 0 Å². The molecule has 6 heteroatoms. The Labute approximate surface area is 107 Å². The number of carbonyl (C=O) groups excluding carboxylic acids is 1. The van der Waals surface area contributed by atoms with E-state index in [2.05, 4.69) is 15.5 Å². The van der Waals surface area contributed by atoms with E-state index in [0.717, 1.165) is 45.4 Å². The third-order valence-corrected chi connectivity index (χ3v) is 3.78. The minimum Gasteiger partial charge on any atom is -0.481 e. The Morgan fingerprint density at radius 2 is 1.94 bits per heavy atom. The van der Waals surface area contributed by atoms with Crippen molar-refractivity contribution in [3.63, 3.8) is 0 Å². The summed E-state index contributed by atoms with van der Waals surface area (Å²) < 4.78 is 0. The fourth-order valence-electron chi connectivity index (χ4n) is 2.65. The lowest BCUT2D eigenvalue weighted by atomic mass is 9.74. The number of hydrogen-bond acceptors (Lipinski definition) is 4. The first-order valence-electron chi connectivity index (χ1n) is 6.56. The van der Waals surface area contributed by atoms with Gasteiger partial charge in [-0.1, -0.05) is 0 Å². The number of carbonyl (C=O) groups is 2. The molecular formula is C12H21N3O3. The Morgan fingerprint density at radius 3 is 2.44 bits per heavy atom. The fourth-order valence-corrected chi connectivity index (χ4v) is 2.65. The second kappa shape index (κ2) is 5.67. The summed E-state index contributed by atoms with van der Waals surface area (Å²) in [7, 11) is 0. The smallest absolute Gasteiger partial charge is 0.305 e. The molecule has 0 bridgehead atoms. The van der Waals surface area contributed by atoms with Crippen molar-refractivity contribution in [2.75, 3.05) is 32.7 Å². The summed E-state index contributed by atoms with van der Waals surface area (Å²) in [6, 6.07) is 0. The normalized spacial score (nSPS) is 23.1. The number of rotatable bonds is 5. The highest BCUT2D eigenvalue weighted by molar-refractivity contribution is 5.80. The van der Waals surface area contributed by atoms with Crippen LogP contribution in [-0.2, 0) is 9.59 Å². The van der Waals surface area contributed by atoms with E-state index in [-0.39, 0.29) is 12.3 Å². The molecule has 2 rings (SSSR count). The van der Waals surface area contributed by atoms with Gasteiger partial charge in [0.05, 0.1) is 18.5 Å². The van der Waals surface area contributed by atoms with Crippen LogP contribution < -0.4 is 10.6 Å². The predicted molar refractivity (Wildman–Crippen MR) is 66.3 cm³/mol. The van der Waals surface area contributed by atoms with Crippen molar-refractivity contribution in [2.45, 2.75) is 31.2 Å². The lowest BCUT2D eigenvalue weighted by molar-refractivity contribution is -0.140. The van der Waals surface area contributed by atoms with Crippen molar-refractivity contribution in [3.8, 4) is 0 Å². The van der Waals surface area contributed by atoms with Crippen LogP contribution in [0, 0.1) is 0 Å². The number of amides is 1. The molecule has 0 aromatic carbocycles. The molecule has 1 aliphatic heterocycles. The number of piperazine rings is 1. The second-order valence-electron chi connectivity index (χ2n) is 5.28. The molecule has 1 heterocycles. The molecule has 0 aromatic rings. The monoisotopic (exact) mass is 255 g/mol. The molecule has 1 amide bonds. The SMILES string of the molecule is O=C(O)CC1(NC(=O)CN2CCNCC2)CCC1. The molecular weight excluding hydrogens is 234 g/mol. The van der Waals surface area contributed by atoms with Gasteiger partial charge in [-0.3, -0.25) is 14.5 Å². The average molecular weight is 255 g/mol. The van der Waals surface area contributed by atoms with Gasteiger partial charge in [0, 0.05) is 26.2 Å². The predicted octanol–water partition coefficient (Wildman–Crippen LogP) is -0.595. The Bertz CT molecular complexity index is 323. The van der Waals surface area contributed by atoms with Gasteiger partial charge in [0.2, 0.25) is 5.91 Å². The summed E-state index contributed by atoms with van der Waals surface area (Å²) >= 11 is 0. The van der Waals surface area contributed by atoms with E-state index in [1.54, 1.807) is 0 Å². The standard InChI is InChI=1S/C12H21N3O3/c16-10(9-15-6-4-13-5-7-15)14-12(2-1-3-12)8-11(17)18/h13H,1-9H2,(H,14,16)(H,17,18). The third-order valence-electron chi connectivity index (χ3n) is 3.78.